The van der Waals surface area contributed by atoms with Crippen molar-refractivity contribution in [3.8, 4) is 0 Å². The average molecular weight is 249 g/mol. The molecule has 10 heavy (non-hydrogen) atoms. The van der Waals surface area contributed by atoms with Crippen LogP contribution < -0.4 is 11.2 Å². The van der Waals surface area contributed by atoms with E-state index in [4.69, 9.17) is 5.73 Å². The van der Waals surface area contributed by atoms with Gasteiger partial charge in [-0.25, -0.2) is 9.97 Å². The molecule has 0 spiro atoms. The van der Waals surface area contributed by atoms with Crippen molar-refractivity contribution in [2.24, 2.45) is 3.25 Å². The molecular weight excluding hydrogens is 245 g/mol. The molecule has 5 nitrogen and oxygen atoms in total. The average Bonchev–Trinajstić information content (AvgIpc) is 2.36. The van der Waals surface area contributed by atoms with Gasteiger partial charge in [0, 0.05) is 0 Å². The Morgan fingerprint density at radius 2 is 2.40 bits per heavy atom. The summed E-state index contributed by atoms with van der Waals surface area (Å²) >= 11 is -0.335. The van der Waals surface area contributed by atoms with Crippen LogP contribution in [-0.4, -0.2) is 9.97 Å². The Morgan fingerprint density at radius 1 is 1.50 bits per heavy atom. The lowest BCUT2D eigenvalue weighted by molar-refractivity contribution is 1.14. The molecule has 0 radical (unpaired) electrons. The van der Waals surface area contributed by atoms with Crippen molar-refractivity contribution in [3.63, 3.8) is 0 Å². The standard InChI is InChI=1S/C4H4IN5/c6-3-2-4(8-1-7-3)9-10-5-2/h1H,(H3,6,7,8,9). The number of nitrogens with zero attached hydrogens (tertiary/aromatic N) is 3. The summed E-state index contributed by atoms with van der Waals surface area (Å²) in [6.45, 7) is 0. The minimum absolute atomic E-state index is 0.335. The highest BCUT2D eigenvalue weighted by molar-refractivity contribution is 14.2. The maximum Gasteiger partial charge on any atom is 0.166 e. The van der Waals surface area contributed by atoms with E-state index >= 15 is 0 Å². The highest BCUT2D eigenvalue weighted by atomic mass is 127. The van der Waals surface area contributed by atoms with Crippen molar-refractivity contribution in [3.05, 3.63) is 9.90 Å². The molecule has 1 aromatic heterocycles. The van der Waals surface area contributed by atoms with Crippen LogP contribution in [0.4, 0.5) is 11.6 Å². The molecule has 0 saturated heterocycles. The summed E-state index contributed by atoms with van der Waals surface area (Å²) in [4.78, 5) is 7.80. The van der Waals surface area contributed by atoms with Crippen molar-refractivity contribution >= 4 is 32.7 Å². The molecular formula is C4H4IN5. The van der Waals surface area contributed by atoms with Gasteiger partial charge in [-0.05, 0) is 0 Å². The minimum atomic E-state index is -0.335. The van der Waals surface area contributed by atoms with Crippen LogP contribution in [0.1, 0.15) is 0 Å². The first kappa shape index (κ1) is 5.96. The van der Waals surface area contributed by atoms with Gasteiger partial charge in [0.05, 0.1) is 21.0 Å². The Hall–Kier alpha value is -0.790. The van der Waals surface area contributed by atoms with Gasteiger partial charge in [0.15, 0.2) is 5.82 Å². The molecule has 2 rings (SSSR count). The van der Waals surface area contributed by atoms with E-state index in [9.17, 15) is 0 Å². The summed E-state index contributed by atoms with van der Waals surface area (Å²) < 4.78 is 4.99. The first-order valence-electron chi connectivity index (χ1n) is 2.58. The summed E-state index contributed by atoms with van der Waals surface area (Å²) in [5.41, 5.74) is 8.33. The topological polar surface area (TPSA) is 76.2 Å². The zero-order valence-corrected chi connectivity index (χ0v) is 7.03. The van der Waals surface area contributed by atoms with Crippen LogP contribution in [0, 0.1) is 3.57 Å². The minimum Gasteiger partial charge on any atom is -0.383 e. The lowest BCUT2D eigenvalue weighted by Crippen LogP contribution is -1.97. The lowest BCUT2D eigenvalue weighted by Gasteiger charge is -1.95. The fourth-order valence-electron chi connectivity index (χ4n) is 0.648. The number of nitrogens with two attached hydrogens (primary N) is 1. The molecule has 1 aliphatic rings. The number of rotatable bonds is 0. The van der Waals surface area contributed by atoms with E-state index < -0.39 is 0 Å². The van der Waals surface area contributed by atoms with E-state index in [0.717, 1.165) is 9.39 Å². The molecule has 0 bridgehead atoms. The van der Waals surface area contributed by atoms with Crippen LogP contribution in [0.5, 0.6) is 0 Å². The SMILES string of the molecule is Nc1ncnc2c1I=NN2. The molecule has 2 heterocycles. The van der Waals surface area contributed by atoms with E-state index in [2.05, 4.69) is 18.6 Å². The first-order valence-corrected chi connectivity index (χ1v) is 4.63. The van der Waals surface area contributed by atoms with Gasteiger partial charge in [-0.2, -0.15) is 0 Å². The van der Waals surface area contributed by atoms with E-state index in [1.165, 1.54) is 6.33 Å². The Morgan fingerprint density at radius 3 is 3.20 bits per heavy atom. The lowest BCUT2D eigenvalue weighted by atomic mass is 10.5. The number of hydrogen-bond donors (Lipinski definition) is 2. The van der Waals surface area contributed by atoms with Crippen molar-refractivity contribution in [1.82, 2.24) is 9.97 Å². The summed E-state index contributed by atoms with van der Waals surface area (Å²) in [7, 11) is 0. The van der Waals surface area contributed by atoms with Gasteiger partial charge in [-0.15, -0.1) is 3.25 Å². The van der Waals surface area contributed by atoms with Crippen molar-refractivity contribution in [1.29, 1.82) is 0 Å². The molecule has 3 N–H and O–H groups in total. The maximum absolute atomic E-state index is 5.55. The molecule has 0 unspecified atom stereocenters. The zero-order valence-electron chi connectivity index (χ0n) is 4.87. The van der Waals surface area contributed by atoms with Crippen molar-refractivity contribution in [2.45, 2.75) is 0 Å². The van der Waals surface area contributed by atoms with E-state index in [-0.39, 0.29) is 21.0 Å². The van der Waals surface area contributed by atoms with Gasteiger partial charge in [-0.1, -0.05) is 0 Å². The van der Waals surface area contributed by atoms with Crippen LogP contribution in [0.25, 0.3) is 0 Å². The fourth-order valence-corrected chi connectivity index (χ4v) is 2.11. The van der Waals surface area contributed by atoms with Gasteiger partial charge in [0.2, 0.25) is 0 Å². The van der Waals surface area contributed by atoms with Gasteiger partial charge >= 0.3 is 0 Å². The van der Waals surface area contributed by atoms with Crippen molar-refractivity contribution < 1.29 is 0 Å². The molecule has 0 fully saturated rings. The van der Waals surface area contributed by atoms with Gasteiger partial charge in [0.1, 0.15) is 15.7 Å². The van der Waals surface area contributed by atoms with Crippen LogP contribution >= 0.6 is 21.0 Å². The van der Waals surface area contributed by atoms with Crippen molar-refractivity contribution in [2.75, 3.05) is 11.2 Å². The Balaban J connectivity index is 2.67. The first-order chi connectivity index (χ1) is 4.88. The summed E-state index contributed by atoms with van der Waals surface area (Å²) in [5, 5.41) is 0. The smallest absolute Gasteiger partial charge is 0.166 e. The predicted molar refractivity (Wildman–Crippen MR) is 45.2 cm³/mol. The molecule has 0 atom stereocenters. The third-order valence-corrected chi connectivity index (χ3v) is 3.12. The predicted octanol–water partition coefficient (Wildman–Crippen LogP) is 0.723. The molecule has 1 aliphatic heterocycles. The van der Waals surface area contributed by atoms with Crippen LogP contribution in [0.2, 0.25) is 0 Å². The quantitative estimate of drug-likeness (QED) is 0.664. The fraction of sp³-hybridized carbons (Fsp3) is 0. The third kappa shape index (κ3) is 0.753. The zero-order chi connectivity index (χ0) is 6.97. The second kappa shape index (κ2) is 2.11. The molecule has 0 aromatic carbocycles. The number of aromatic nitrogens is 2. The molecule has 52 valence electrons. The molecule has 6 heteroatoms. The van der Waals surface area contributed by atoms with E-state index in [0.29, 0.717) is 5.82 Å². The third-order valence-electron chi connectivity index (χ3n) is 1.09. The van der Waals surface area contributed by atoms with Crippen LogP contribution in [0.3, 0.4) is 0 Å². The highest BCUT2D eigenvalue weighted by Gasteiger charge is 2.10. The molecule has 0 amide bonds. The summed E-state index contributed by atoms with van der Waals surface area (Å²) in [6.07, 6.45) is 1.44. The van der Waals surface area contributed by atoms with Gasteiger partial charge < -0.3 is 5.73 Å². The normalized spacial score (nSPS) is 13.6. The van der Waals surface area contributed by atoms with Gasteiger partial charge in [0.25, 0.3) is 0 Å². The largest absolute Gasteiger partial charge is 0.383 e. The number of halogens is 1. The van der Waals surface area contributed by atoms with E-state index in [1.807, 2.05) is 0 Å². The highest BCUT2D eigenvalue weighted by Crippen LogP contribution is 2.30. The van der Waals surface area contributed by atoms with Gasteiger partial charge in [-0.3, -0.25) is 5.43 Å². The van der Waals surface area contributed by atoms with Crippen LogP contribution in [0.15, 0.2) is 9.58 Å². The number of anilines is 2. The Kier molecular flexibility index (Phi) is 1.26. The Labute approximate surface area is 67.2 Å². The van der Waals surface area contributed by atoms with Crippen LogP contribution in [-0.2, 0) is 0 Å². The second-order valence-electron chi connectivity index (χ2n) is 1.70. The summed E-state index contributed by atoms with van der Waals surface area (Å²) in [6, 6.07) is 0. The molecule has 1 aromatic rings. The molecule has 0 aliphatic carbocycles. The Bertz CT molecular complexity index is 296. The number of nitrogen functional groups attached to an aromatic ring is 1. The molecule has 0 saturated carbocycles. The van der Waals surface area contributed by atoms with E-state index in [1.54, 1.807) is 0 Å². The number of hydrogen-bond acceptors (Lipinski definition) is 5. The maximum atomic E-state index is 5.55. The number of fused-ring (bicyclic) bond motifs is 1. The monoisotopic (exact) mass is 249 g/mol. The number of nitrogens with one attached hydrogen (secondary N) is 1. The summed E-state index contributed by atoms with van der Waals surface area (Å²) in [5.74, 6) is 1.34. The second-order valence-corrected chi connectivity index (χ2v) is 3.75.